The molecule has 2 rings (SSSR count). The van der Waals surface area contributed by atoms with Crippen molar-refractivity contribution in [3.63, 3.8) is 0 Å². The summed E-state index contributed by atoms with van der Waals surface area (Å²) in [6.45, 7) is 5.73. The van der Waals surface area contributed by atoms with E-state index >= 15 is 0 Å². The first-order valence-electron chi connectivity index (χ1n) is 6.21. The minimum atomic E-state index is -0.331. The van der Waals surface area contributed by atoms with Crippen molar-refractivity contribution >= 4 is 29.1 Å². The summed E-state index contributed by atoms with van der Waals surface area (Å²) in [6.07, 6.45) is 0. The SMILES string of the molecule is CC(C)(C)C(=O)CSc1n[nH]c(-c2ccc(Cl)cc2)n1. The highest BCUT2D eigenvalue weighted by Gasteiger charge is 2.21. The minimum Gasteiger partial charge on any atom is -0.298 e. The average Bonchev–Trinajstić information content (AvgIpc) is 2.84. The normalized spacial score (nSPS) is 11.6. The van der Waals surface area contributed by atoms with Gasteiger partial charge in [-0.25, -0.2) is 4.98 Å². The van der Waals surface area contributed by atoms with Crippen LogP contribution in [0.15, 0.2) is 29.4 Å². The first-order chi connectivity index (χ1) is 9.36. The van der Waals surface area contributed by atoms with E-state index in [1.165, 1.54) is 11.8 Å². The molecule has 0 amide bonds. The van der Waals surface area contributed by atoms with Crippen molar-refractivity contribution in [2.45, 2.75) is 25.9 Å². The molecule has 106 valence electrons. The molecule has 0 aliphatic heterocycles. The number of thioether (sulfide) groups is 1. The van der Waals surface area contributed by atoms with Crippen LogP contribution in [0.4, 0.5) is 0 Å². The second-order valence-corrected chi connectivity index (χ2v) is 6.81. The summed E-state index contributed by atoms with van der Waals surface area (Å²) in [5.41, 5.74) is 0.582. The number of H-pyrrole nitrogens is 1. The molecule has 2 aromatic rings. The van der Waals surface area contributed by atoms with Gasteiger partial charge in [0.2, 0.25) is 5.16 Å². The molecule has 0 atom stereocenters. The fourth-order valence-electron chi connectivity index (χ4n) is 1.39. The monoisotopic (exact) mass is 309 g/mol. The molecule has 0 spiro atoms. The van der Waals surface area contributed by atoms with E-state index in [0.29, 0.717) is 21.8 Å². The summed E-state index contributed by atoms with van der Waals surface area (Å²) in [5.74, 6) is 1.23. The smallest absolute Gasteiger partial charge is 0.209 e. The molecule has 0 fully saturated rings. The Hall–Kier alpha value is -1.33. The van der Waals surface area contributed by atoms with Gasteiger partial charge in [-0.15, -0.1) is 5.10 Å². The van der Waals surface area contributed by atoms with Crippen LogP contribution in [0.3, 0.4) is 0 Å². The number of ketones is 1. The number of nitrogens with zero attached hydrogens (tertiary/aromatic N) is 2. The number of benzene rings is 1. The molecular weight excluding hydrogens is 294 g/mol. The van der Waals surface area contributed by atoms with E-state index in [9.17, 15) is 4.79 Å². The molecule has 1 N–H and O–H groups in total. The van der Waals surface area contributed by atoms with Crippen LogP contribution in [0.25, 0.3) is 11.4 Å². The Kier molecular flexibility index (Phi) is 4.50. The number of aromatic nitrogens is 3. The largest absolute Gasteiger partial charge is 0.298 e. The molecule has 0 saturated carbocycles. The molecule has 20 heavy (non-hydrogen) atoms. The number of carbonyl (C=O) groups excluding carboxylic acids is 1. The second kappa shape index (κ2) is 5.97. The summed E-state index contributed by atoms with van der Waals surface area (Å²) in [7, 11) is 0. The van der Waals surface area contributed by atoms with Crippen molar-refractivity contribution in [1.82, 2.24) is 15.2 Å². The van der Waals surface area contributed by atoms with Gasteiger partial charge in [-0.3, -0.25) is 9.89 Å². The van der Waals surface area contributed by atoms with Crippen molar-refractivity contribution in [1.29, 1.82) is 0 Å². The van der Waals surface area contributed by atoms with Gasteiger partial charge in [0.05, 0.1) is 5.75 Å². The van der Waals surface area contributed by atoms with Gasteiger partial charge in [0, 0.05) is 16.0 Å². The zero-order valence-corrected chi connectivity index (χ0v) is 13.2. The van der Waals surface area contributed by atoms with Crippen LogP contribution in [-0.4, -0.2) is 26.7 Å². The van der Waals surface area contributed by atoms with Gasteiger partial charge < -0.3 is 0 Å². The summed E-state index contributed by atoms with van der Waals surface area (Å²) in [6, 6.07) is 7.35. The number of Topliss-reactive ketones (excluding diaryl/α,β-unsaturated/α-hetero) is 1. The van der Waals surface area contributed by atoms with Crippen molar-refractivity contribution in [2.24, 2.45) is 5.41 Å². The van der Waals surface area contributed by atoms with E-state index in [2.05, 4.69) is 15.2 Å². The van der Waals surface area contributed by atoms with Crippen LogP contribution in [0.2, 0.25) is 5.02 Å². The lowest BCUT2D eigenvalue weighted by molar-refractivity contribution is -0.123. The van der Waals surface area contributed by atoms with Crippen LogP contribution in [0, 0.1) is 5.41 Å². The fourth-order valence-corrected chi connectivity index (χ4v) is 2.48. The summed E-state index contributed by atoms with van der Waals surface area (Å²) < 4.78 is 0. The van der Waals surface area contributed by atoms with Gasteiger partial charge >= 0.3 is 0 Å². The molecule has 6 heteroatoms. The van der Waals surface area contributed by atoms with Gasteiger partial charge in [0.15, 0.2) is 5.82 Å². The van der Waals surface area contributed by atoms with Crippen LogP contribution in [0.1, 0.15) is 20.8 Å². The Bertz CT molecular complexity index is 602. The molecular formula is C14H16ClN3OS. The molecule has 0 bridgehead atoms. The second-order valence-electron chi connectivity index (χ2n) is 5.44. The van der Waals surface area contributed by atoms with E-state index in [1.54, 1.807) is 12.1 Å². The predicted molar refractivity (Wildman–Crippen MR) is 82.0 cm³/mol. The maximum absolute atomic E-state index is 11.9. The number of rotatable bonds is 4. The molecule has 0 unspecified atom stereocenters. The maximum atomic E-state index is 11.9. The van der Waals surface area contributed by atoms with Gasteiger partial charge in [-0.2, -0.15) is 0 Å². The van der Waals surface area contributed by atoms with Crippen LogP contribution >= 0.6 is 23.4 Å². The first-order valence-corrected chi connectivity index (χ1v) is 7.57. The molecule has 1 aromatic heterocycles. The van der Waals surface area contributed by atoms with E-state index in [1.807, 2.05) is 32.9 Å². The molecule has 0 aliphatic rings. The van der Waals surface area contributed by atoms with Crippen molar-refractivity contribution < 1.29 is 4.79 Å². The number of aromatic amines is 1. The fraction of sp³-hybridized carbons (Fsp3) is 0.357. The maximum Gasteiger partial charge on any atom is 0.209 e. The number of halogens is 1. The lowest BCUT2D eigenvalue weighted by atomic mass is 9.92. The molecule has 1 aromatic carbocycles. The van der Waals surface area contributed by atoms with Crippen molar-refractivity contribution in [3.8, 4) is 11.4 Å². The van der Waals surface area contributed by atoms with Gasteiger partial charge in [-0.1, -0.05) is 44.1 Å². The highest BCUT2D eigenvalue weighted by atomic mass is 35.5. The average molecular weight is 310 g/mol. The third-order valence-corrected chi connectivity index (χ3v) is 3.85. The Morgan fingerprint density at radius 2 is 1.95 bits per heavy atom. The van der Waals surface area contributed by atoms with E-state index in [-0.39, 0.29) is 11.2 Å². The zero-order chi connectivity index (χ0) is 14.8. The first kappa shape index (κ1) is 15.1. The number of hydrogen-bond donors (Lipinski definition) is 1. The Labute approximate surface area is 127 Å². The third-order valence-electron chi connectivity index (χ3n) is 2.75. The van der Waals surface area contributed by atoms with E-state index < -0.39 is 0 Å². The minimum absolute atomic E-state index is 0.181. The third kappa shape index (κ3) is 3.84. The lowest BCUT2D eigenvalue weighted by Crippen LogP contribution is -2.22. The molecule has 1 heterocycles. The zero-order valence-electron chi connectivity index (χ0n) is 11.6. The van der Waals surface area contributed by atoms with Crippen LogP contribution in [-0.2, 0) is 4.79 Å². The molecule has 0 aliphatic carbocycles. The summed E-state index contributed by atoms with van der Waals surface area (Å²) in [4.78, 5) is 16.2. The standard InChI is InChI=1S/C14H16ClN3OS/c1-14(2,3)11(19)8-20-13-16-12(17-18-13)9-4-6-10(15)7-5-9/h4-7H,8H2,1-3H3,(H,16,17,18). The van der Waals surface area contributed by atoms with Crippen molar-refractivity contribution in [2.75, 3.05) is 5.75 Å². The predicted octanol–water partition coefficient (Wildman–Crippen LogP) is 3.83. The highest BCUT2D eigenvalue weighted by molar-refractivity contribution is 7.99. The Morgan fingerprint density at radius 3 is 2.55 bits per heavy atom. The summed E-state index contributed by atoms with van der Waals surface area (Å²) >= 11 is 7.19. The Morgan fingerprint density at radius 1 is 1.30 bits per heavy atom. The van der Waals surface area contributed by atoms with Crippen LogP contribution in [0.5, 0.6) is 0 Å². The number of carbonyl (C=O) groups is 1. The number of nitrogens with one attached hydrogen (secondary N) is 1. The van der Waals surface area contributed by atoms with E-state index in [4.69, 9.17) is 11.6 Å². The van der Waals surface area contributed by atoms with Crippen molar-refractivity contribution in [3.05, 3.63) is 29.3 Å². The lowest BCUT2D eigenvalue weighted by Gasteiger charge is -2.14. The molecule has 0 saturated heterocycles. The van der Waals surface area contributed by atoms with Crippen LogP contribution < -0.4 is 0 Å². The topological polar surface area (TPSA) is 58.6 Å². The van der Waals surface area contributed by atoms with Gasteiger partial charge in [0.1, 0.15) is 5.78 Å². The quantitative estimate of drug-likeness (QED) is 0.872. The highest BCUT2D eigenvalue weighted by Crippen LogP contribution is 2.23. The van der Waals surface area contributed by atoms with Gasteiger partial charge in [-0.05, 0) is 24.3 Å². The van der Waals surface area contributed by atoms with E-state index in [0.717, 1.165) is 5.56 Å². The number of hydrogen-bond acceptors (Lipinski definition) is 4. The Balaban J connectivity index is 2.03. The molecule has 4 nitrogen and oxygen atoms in total. The molecule has 0 radical (unpaired) electrons. The van der Waals surface area contributed by atoms with Gasteiger partial charge in [0.25, 0.3) is 0 Å². The summed E-state index contributed by atoms with van der Waals surface area (Å²) in [5, 5.41) is 8.23.